The molecule has 1 aromatic rings. The van der Waals surface area contributed by atoms with Gasteiger partial charge < -0.3 is 19.4 Å². The Morgan fingerprint density at radius 3 is 2.75 bits per heavy atom. The molecule has 1 heterocycles. The molecule has 2 unspecified atom stereocenters. The third-order valence-electron chi connectivity index (χ3n) is 1.88. The van der Waals surface area contributed by atoms with Crippen LogP contribution in [-0.4, -0.2) is 35.2 Å². The van der Waals surface area contributed by atoms with Crippen LogP contribution in [0.25, 0.3) is 0 Å². The van der Waals surface area contributed by atoms with E-state index in [-0.39, 0.29) is 18.1 Å². The summed E-state index contributed by atoms with van der Waals surface area (Å²) in [5, 5.41) is 18.9. The van der Waals surface area contributed by atoms with Gasteiger partial charge in [-0.25, -0.2) is 4.79 Å². The molecule has 0 radical (unpaired) electrons. The van der Waals surface area contributed by atoms with E-state index in [2.05, 4.69) is 4.74 Å². The van der Waals surface area contributed by atoms with Gasteiger partial charge in [0.25, 0.3) is 0 Å². The normalized spacial score (nSPS) is 14.2. The fourth-order valence-corrected chi connectivity index (χ4v) is 1.10. The molecule has 6 heteroatoms. The Hall–Kier alpha value is -1.66. The van der Waals surface area contributed by atoms with Crippen molar-refractivity contribution in [3.63, 3.8) is 0 Å². The number of hydrogen-bond acceptors (Lipinski definition) is 6. The number of esters is 1. The number of hydrogen-bond donors (Lipinski definition) is 2. The molecule has 0 fully saturated rings. The Morgan fingerprint density at radius 1 is 1.56 bits per heavy atom. The van der Waals surface area contributed by atoms with Crippen LogP contribution in [0.3, 0.4) is 0 Å². The molecular weight excluding hydrogens is 216 g/mol. The van der Waals surface area contributed by atoms with Crippen LogP contribution in [0.4, 0.5) is 0 Å². The third-order valence-corrected chi connectivity index (χ3v) is 1.88. The predicted octanol–water partition coefficient (Wildman–Crippen LogP) is 0.0495. The van der Waals surface area contributed by atoms with Gasteiger partial charge in [0, 0.05) is 0 Å². The van der Waals surface area contributed by atoms with Crippen molar-refractivity contribution in [3.8, 4) is 0 Å². The molecule has 16 heavy (non-hydrogen) atoms. The second-order valence-corrected chi connectivity index (χ2v) is 3.00. The number of aliphatic hydroxyl groups is 2. The van der Waals surface area contributed by atoms with Gasteiger partial charge in [0.1, 0.15) is 11.9 Å². The summed E-state index contributed by atoms with van der Waals surface area (Å²) in [6, 6.07) is 2.63. The standard InChI is InChI=1S/C10H12O6/c1-2-15-10(14)9(13)8(12)7-4-3-6(5-11)16-7/h3-5,8-9,12-13H,2H2,1H3. The van der Waals surface area contributed by atoms with E-state index < -0.39 is 18.2 Å². The lowest BCUT2D eigenvalue weighted by Crippen LogP contribution is -2.29. The van der Waals surface area contributed by atoms with Gasteiger partial charge >= 0.3 is 5.97 Å². The van der Waals surface area contributed by atoms with Gasteiger partial charge in [-0.15, -0.1) is 0 Å². The summed E-state index contributed by atoms with van der Waals surface area (Å²) in [4.78, 5) is 21.4. The van der Waals surface area contributed by atoms with Crippen molar-refractivity contribution in [3.05, 3.63) is 23.7 Å². The first-order valence-electron chi connectivity index (χ1n) is 4.67. The Kier molecular flexibility index (Phi) is 4.21. The number of carbonyl (C=O) groups is 2. The van der Waals surface area contributed by atoms with Gasteiger partial charge in [-0.3, -0.25) is 4.79 Å². The average Bonchev–Trinajstić information content (AvgIpc) is 2.75. The largest absolute Gasteiger partial charge is 0.464 e. The molecule has 2 atom stereocenters. The average molecular weight is 228 g/mol. The molecular formula is C10H12O6. The second-order valence-electron chi connectivity index (χ2n) is 3.00. The number of furan rings is 1. The summed E-state index contributed by atoms with van der Waals surface area (Å²) in [7, 11) is 0. The van der Waals surface area contributed by atoms with E-state index in [9.17, 15) is 19.8 Å². The van der Waals surface area contributed by atoms with Crippen molar-refractivity contribution >= 4 is 12.3 Å². The zero-order valence-corrected chi connectivity index (χ0v) is 8.62. The van der Waals surface area contributed by atoms with E-state index >= 15 is 0 Å². The molecule has 1 rings (SSSR count). The molecule has 6 nitrogen and oxygen atoms in total. The maximum absolute atomic E-state index is 11.1. The summed E-state index contributed by atoms with van der Waals surface area (Å²) >= 11 is 0. The number of rotatable bonds is 5. The van der Waals surface area contributed by atoms with Crippen LogP contribution >= 0.6 is 0 Å². The molecule has 0 amide bonds. The molecule has 0 saturated heterocycles. The minimum Gasteiger partial charge on any atom is -0.464 e. The van der Waals surface area contributed by atoms with Crippen molar-refractivity contribution < 1.29 is 29.0 Å². The highest BCUT2D eigenvalue weighted by molar-refractivity contribution is 5.75. The lowest BCUT2D eigenvalue weighted by Gasteiger charge is -2.13. The third kappa shape index (κ3) is 2.68. The Bertz CT molecular complexity index is 369. The van der Waals surface area contributed by atoms with Gasteiger partial charge in [0.2, 0.25) is 0 Å². The molecule has 0 aliphatic carbocycles. The zero-order chi connectivity index (χ0) is 12.1. The van der Waals surface area contributed by atoms with Crippen molar-refractivity contribution in [1.29, 1.82) is 0 Å². The van der Waals surface area contributed by atoms with Gasteiger partial charge in [0.15, 0.2) is 18.2 Å². The topological polar surface area (TPSA) is 97.0 Å². The zero-order valence-electron chi connectivity index (χ0n) is 8.62. The van der Waals surface area contributed by atoms with Crippen LogP contribution in [-0.2, 0) is 9.53 Å². The summed E-state index contributed by atoms with van der Waals surface area (Å²) in [6.45, 7) is 1.68. The quantitative estimate of drug-likeness (QED) is 0.546. The number of aldehydes is 1. The van der Waals surface area contributed by atoms with E-state index in [0.717, 1.165) is 0 Å². The lowest BCUT2D eigenvalue weighted by atomic mass is 10.1. The number of carbonyl (C=O) groups excluding carboxylic acids is 2. The van der Waals surface area contributed by atoms with Crippen LogP contribution < -0.4 is 0 Å². The first-order valence-corrected chi connectivity index (χ1v) is 4.67. The highest BCUT2D eigenvalue weighted by Gasteiger charge is 2.29. The van der Waals surface area contributed by atoms with E-state index in [1.807, 2.05) is 0 Å². The van der Waals surface area contributed by atoms with Crippen molar-refractivity contribution in [2.45, 2.75) is 19.1 Å². The van der Waals surface area contributed by atoms with Crippen molar-refractivity contribution in [2.24, 2.45) is 0 Å². The van der Waals surface area contributed by atoms with E-state index in [1.165, 1.54) is 12.1 Å². The molecule has 0 aliphatic rings. The minimum atomic E-state index is -1.73. The molecule has 88 valence electrons. The first kappa shape index (κ1) is 12.4. The Labute approximate surface area is 91.4 Å². The molecule has 0 aromatic carbocycles. The van der Waals surface area contributed by atoms with Crippen LogP contribution in [0.1, 0.15) is 29.3 Å². The fourth-order valence-electron chi connectivity index (χ4n) is 1.10. The fraction of sp³-hybridized carbons (Fsp3) is 0.400. The van der Waals surface area contributed by atoms with Crippen LogP contribution in [0, 0.1) is 0 Å². The smallest absolute Gasteiger partial charge is 0.338 e. The first-order chi connectivity index (χ1) is 7.60. The monoisotopic (exact) mass is 228 g/mol. The summed E-state index contributed by atoms with van der Waals surface area (Å²) in [5.41, 5.74) is 0. The van der Waals surface area contributed by atoms with Crippen LogP contribution in [0.15, 0.2) is 16.5 Å². The molecule has 2 N–H and O–H groups in total. The lowest BCUT2D eigenvalue weighted by molar-refractivity contribution is -0.160. The summed E-state index contributed by atoms with van der Waals surface area (Å²) in [6.07, 6.45) is -2.83. The molecule has 0 saturated carbocycles. The van der Waals surface area contributed by atoms with Gasteiger partial charge in [-0.1, -0.05) is 0 Å². The van der Waals surface area contributed by atoms with Gasteiger partial charge in [-0.2, -0.15) is 0 Å². The minimum absolute atomic E-state index is 0.00473. The highest BCUT2D eigenvalue weighted by Crippen LogP contribution is 2.19. The SMILES string of the molecule is CCOC(=O)C(O)C(O)c1ccc(C=O)o1. The predicted molar refractivity (Wildman–Crippen MR) is 51.7 cm³/mol. The second kappa shape index (κ2) is 5.43. The maximum atomic E-state index is 11.1. The Morgan fingerprint density at radius 2 is 2.25 bits per heavy atom. The van der Waals surface area contributed by atoms with E-state index in [4.69, 9.17) is 4.42 Å². The Balaban J connectivity index is 2.72. The summed E-state index contributed by atoms with van der Waals surface area (Å²) in [5.74, 6) is -1.01. The van der Waals surface area contributed by atoms with E-state index in [0.29, 0.717) is 6.29 Å². The van der Waals surface area contributed by atoms with Gasteiger partial charge in [-0.05, 0) is 19.1 Å². The molecule has 0 aliphatic heterocycles. The molecule has 0 spiro atoms. The molecule has 0 bridgehead atoms. The highest BCUT2D eigenvalue weighted by atomic mass is 16.5. The summed E-state index contributed by atoms with van der Waals surface area (Å²) < 4.78 is 9.38. The number of aliphatic hydroxyl groups excluding tert-OH is 2. The maximum Gasteiger partial charge on any atom is 0.338 e. The van der Waals surface area contributed by atoms with Crippen molar-refractivity contribution in [2.75, 3.05) is 6.61 Å². The van der Waals surface area contributed by atoms with Crippen LogP contribution in [0.2, 0.25) is 0 Å². The van der Waals surface area contributed by atoms with Gasteiger partial charge in [0.05, 0.1) is 6.61 Å². The van der Waals surface area contributed by atoms with E-state index in [1.54, 1.807) is 6.92 Å². The van der Waals surface area contributed by atoms with Crippen molar-refractivity contribution in [1.82, 2.24) is 0 Å². The van der Waals surface area contributed by atoms with Crippen LogP contribution in [0.5, 0.6) is 0 Å². The molecule has 1 aromatic heterocycles. The number of ether oxygens (including phenoxy) is 1.